The minimum atomic E-state index is -0.366. The molecule has 2 aliphatic rings. The van der Waals surface area contributed by atoms with Gasteiger partial charge >= 0.3 is 0 Å². The maximum atomic E-state index is 12.3. The molecule has 0 spiro atoms. The highest BCUT2D eigenvalue weighted by Crippen LogP contribution is 2.32. The zero-order valence-electron chi connectivity index (χ0n) is 15.2. The van der Waals surface area contributed by atoms with E-state index < -0.39 is 0 Å². The summed E-state index contributed by atoms with van der Waals surface area (Å²) < 4.78 is 5.60. The molecule has 3 rings (SSSR count). The number of carbonyl (C=O) groups is 2. The quantitative estimate of drug-likeness (QED) is 0.911. The normalized spacial score (nSPS) is 22.8. The van der Waals surface area contributed by atoms with Crippen LogP contribution >= 0.6 is 0 Å². The molecule has 6 nitrogen and oxygen atoms in total. The van der Waals surface area contributed by atoms with Crippen LogP contribution < -0.4 is 10.2 Å². The number of carbonyl (C=O) groups excluding carboxylic acids is 2. The number of hydrogen-bond donors (Lipinski definition) is 1. The Hall–Kier alpha value is -2.08. The summed E-state index contributed by atoms with van der Waals surface area (Å²) in [4.78, 5) is 27.8. The molecule has 2 aliphatic heterocycles. The minimum Gasteiger partial charge on any atom is -0.368 e. The Morgan fingerprint density at radius 3 is 2.28 bits per heavy atom. The first kappa shape index (κ1) is 17.7. The van der Waals surface area contributed by atoms with E-state index in [9.17, 15) is 9.59 Å². The Labute approximate surface area is 149 Å². The highest BCUT2D eigenvalue weighted by molar-refractivity contribution is 5.94. The molecule has 136 valence electrons. The topological polar surface area (TPSA) is 61.9 Å². The second kappa shape index (κ2) is 7.04. The first-order valence-electron chi connectivity index (χ1n) is 8.87. The van der Waals surface area contributed by atoms with Crippen LogP contribution in [0.15, 0.2) is 24.3 Å². The number of nitrogens with zero attached hydrogens (tertiary/aromatic N) is 2. The zero-order chi connectivity index (χ0) is 18.0. The zero-order valence-corrected chi connectivity index (χ0v) is 15.2. The third-order valence-corrected chi connectivity index (χ3v) is 4.93. The van der Waals surface area contributed by atoms with E-state index in [4.69, 9.17) is 4.74 Å². The first-order chi connectivity index (χ1) is 11.8. The molecule has 6 heteroatoms. The molecule has 0 aromatic heterocycles. The summed E-state index contributed by atoms with van der Waals surface area (Å²) in [7, 11) is 0. The Morgan fingerprint density at radius 1 is 1.12 bits per heavy atom. The van der Waals surface area contributed by atoms with Gasteiger partial charge in [0.15, 0.2) is 0 Å². The summed E-state index contributed by atoms with van der Waals surface area (Å²) in [6, 6.07) is 7.87. The number of piperazine rings is 1. The lowest BCUT2D eigenvalue weighted by atomic mass is 9.90. The molecular weight excluding hydrogens is 318 g/mol. The Morgan fingerprint density at radius 2 is 1.76 bits per heavy atom. The standard InChI is InChI=1S/C19H27N3O3/c1-14(23)21-8-10-22(11-9-21)16-6-4-15(5-7-16)20-18(24)17-12-19(2,3)13-25-17/h4-7,17H,8-13H2,1-3H3,(H,20,24). The van der Waals surface area contributed by atoms with Gasteiger partial charge in [0, 0.05) is 44.5 Å². The van der Waals surface area contributed by atoms with Crippen molar-refractivity contribution >= 4 is 23.2 Å². The van der Waals surface area contributed by atoms with E-state index in [2.05, 4.69) is 24.1 Å². The fourth-order valence-electron chi connectivity index (χ4n) is 3.37. The number of amides is 2. The molecule has 25 heavy (non-hydrogen) atoms. The van der Waals surface area contributed by atoms with Gasteiger partial charge in [-0.3, -0.25) is 9.59 Å². The molecule has 1 atom stereocenters. The summed E-state index contributed by atoms with van der Waals surface area (Å²) in [5, 5.41) is 2.94. The molecule has 1 N–H and O–H groups in total. The van der Waals surface area contributed by atoms with Crippen LogP contribution in [0.1, 0.15) is 27.2 Å². The van der Waals surface area contributed by atoms with E-state index in [-0.39, 0.29) is 23.3 Å². The summed E-state index contributed by atoms with van der Waals surface area (Å²) in [6.45, 7) is 9.62. The smallest absolute Gasteiger partial charge is 0.253 e. The number of rotatable bonds is 3. The van der Waals surface area contributed by atoms with Crippen LogP contribution in [0.5, 0.6) is 0 Å². The highest BCUT2D eigenvalue weighted by atomic mass is 16.5. The van der Waals surface area contributed by atoms with Gasteiger partial charge in [0.2, 0.25) is 5.91 Å². The minimum absolute atomic E-state index is 0.0634. The molecule has 2 fully saturated rings. The van der Waals surface area contributed by atoms with Crippen molar-refractivity contribution in [3.8, 4) is 0 Å². The van der Waals surface area contributed by atoms with Crippen LogP contribution in [0.25, 0.3) is 0 Å². The van der Waals surface area contributed by atoms with Crippen molar-refractivity contribution in [3.05, 3.63) is 24.3 Å². The Balaban J connectivity index is 1.54. The molecule has 1 unspecified atom stereocenters. The van der Waals surface area contributed by atoms with Gasteiger partial charge in [-0.05, 0) is 36.1 Å². The van der Waals surface area contributed by atoms with Gasteiger partial charge in [-0.1, -0.05) is 13.8 Å². The fourth-order valence-corrected chi connectivity index (χ4v) is 3.37. The number of ether oxygens (including phenoxy) is 1. The summed E-state index contributed by atoms with van der Waals surface area (Å²) in [6.07, 6.45) is 0.381. The third-order valence-electron chi connectivity index (χ3n) is 4.93. The Kier molecular flexibility index (Phi) is 4.99. The van der Waals surface area contributed by atoms with Gasteiger partial charge in [-0.2, -0.15) is 0 Å². The number of nitrogens with one attached hydrogen (secondary N) is 1. The summed E-state index contributed by atoms with van der Waals surface area (Å²) in [5.41, 5.74) is 1.96. The molecule has 2 heterocycles. The molecule has 1 aromatic carbocycles. The SMILES string of the molecule is CC(=O)N1CCN(c2ccc(NC(=O)C3CC(C)(C)CO3)cc2)CC1. The average molecular weight is 345 g/mol. The molecule has 1 aromatic rings. The lowest BCUT2D eigenvalue weighted by Crippen LogP contribution is -2.48. The molecule has 0 bridgehead atoms. The maximum absolute atomic E-state index is 12.3. The van der Waals surface area contributed by atoms with Crippen molar-refractivity contribution in [1.82, 2.24) is 4.90 Å². The first-order valence-corrected chi connectivity index (χ1v) is 8.87. The summed E-state index contributed by atoms with van der Waals surface area (Å²) in [5.74, 6) is 0.0587. The van der Waals surface area contributed by atoms with Gasteiger partial charge in [0.25, 0.3) is 5.91 Å². The number of benzene rings is 1. The van der Waals surface area contributed by atoms with Crippen molar-refractivity contribution in [3.63, 3.8) is 0 Å². The van der Waals surface area contributed by atoms with E-state index in [1.54, 1.807) is 6.92 Å². The molecular formula is C19H27N3O3. The molecule has 0 aliphatic carbocycles. The second-order valence-corrected chi connectivity index (χ2v) is 7.70. The van der Waals surface area contributed by atoms with Crippen LogP contribution in [0.2, 0.25) is 0 Å². The van der Waals surface area contributed by atoms with E-state index in [0.29, 0.717) is 6.61 Å². The predicted molar refractivity (Wildman–Crippen MR) is 97.7 cm³/mol. The van der Waals surface area contributed by atoms with Crippen LogP contribution in [0.3, 0.4) is 0 Å². The van der Waals surface area contributed by atoms with Crippen LogP contribution in [-0.4, -0.2) is 55.6 Å². The van der Waals surface area contributed by atoms with E-state index in [1.807, 2.05) is 29.2 Å². The van der Waals surface area contributed by atoms with Gasteiger partial charge in [-0.15, -0.1) is 0 Å². The lowest BCUT2D eigenvalue weighted by molar-refractivity contribution is -0.129. The predicted octanol–water partition coefficient (Wildman–Crippen LogP) is 2.11. The largest absolute Gasteiger partial charge is 0.368 e. The molecule has 2 saturated heterocycles. The van der Waals surface area contributed by atoms with Gasteiger partial charge in [0.1, 0.15) is 6.10 Å². The van der Waals surface area contributed by atoms with Crippen LogP contribution in [-0.2, 0) is 14.3 Å². The Bertz CT molecular complexity index is 634. The molecule has 0 saturated carbocycles. The van der Waals surface area contributed by atoms with Gasteiger partial charge in [-0.25, -0.2) is 0 Å². The van der Waals surface area contributed by atoms with Crippen molar-refractivity contribution in [2.45, 2.75) is 33.3 Å². The third kappa shape index (κ3) is 4.31. The molecule has 0 radical (unpaired) electrons. The monoisotopic (exact) mass is 345 g/mol. The van der Waals surface area contributed by atoms with Crippen molar-refractivity contribution in [2.24, 2.45) is 5.41 Å². The number of anilines is 2. The van der Waals surface area contributed by atoms with Crippen LogP contribution in [0, 0.1) is 5.41 Å². The van der Waals surface area contributed by atoms with E-state index >= 15 is 0 Å². The summed E-state index contributed by atoms with van der Waals surface area (Å²) >= 11 is 0. The van der Waals surface area contributed by atoms with Crippen molar-refractivity contribution < 1.29 is 14.3 Å². The van der Waals surface area contributed by atoms with Gasteiger partial charge < -0.3 is 19.9 Å². The second-order valence-electron chi connectivity index (χ2n) is 7.70. The van der Waals surface area contributed by atoms with Gasteiger partial charge in [0.05, 0.1) is 6.61 Å². The number of hydrogen-bond acceptors (Lipinski definition) is 4. The lowest BCUT2D eigenvalue weighted by Gasteiger charge is -2.35. The maximum Gasteiger partial charge on any atom is 0.253 e. The highest BCUT2D eigenvalue weighted by Gasteiger charge is 2.36. The van der Waals surface area contributed by atoms with Crippen molar-refractivity contribution in [1.29, 1.82) is 0 Å². The van der Waals surface area contributed by atoms with Crippen molar-refractivity contribution in [2.75, 3.05) is 43.0 Å². The van der Waals surface area contributed by atoms with E-state index in [1.165, 1.54) is 0 Å². The molecule has 2 amide bonds. The van der Waals surface area contributed by atoms with E-state index in [0.717, 1.165) is 44.0 Å². The van der Waals surface area contributed by atoms with Crippen LogP contribution in [0.4, 0.5) is 11.4 Å². The fraction of sp³-hybridized carbons (Fsp3) is 0.579. The average Bonchev–Trinajstić information content (AvgIpc) is 2.96.